The van der Waals surface area contributed by atoms with Crippen molar-refractivity contribution in [2.75, 3.05) is 6.54 Å². The zero-order chi connectivity index (χ0) is 13.8. The molecule has 0 radical (unpaired) electrons. The number of nitrogens with one attached hydrogen (secondary N) is 1. The van der Waals surface area contributed by atoms with Gasteiger partial charge in [0.05, 0.1) is 5.56 Å². The quantitative estimate of drug-likeness (QED) is 0.859. The summed E-state index contributed by atoms with van der Waals surface area (Å²) < 4.78 is 39.9. The van der Waals surface area contributed by atoms with Gasteiger partial charge in [-0.15, -0.1) is 10.2 Å². The van der Waals surface area contributed by atoms with Gasteiger partial charge in [0.25, 0.3) is 0 Å². The average Bonchev–Trinajstić information content (AvgIpc) is 2.76. The van der Waals surface area contributed by atoms with Crippen molar-refractivity contribution in [3.63, 3.8) is 0 Å². The molecule has 1 heterocycles. The van der Waals surface area contributed by atoms with Gasteiger partial charge >= 0.3 is 0 Å². The van der Waals surface area contributed by atoms with Gasteiger partial charge in [-0.3, -0.25) is 0 Å². The molecular formula is C12H12F3N3S. The first-order valence-electron chi connectivity index (χ1n) is 5.79. The molecule has 0 amide bonds. The molecule has 2 rings (SSSR count). The van der Waals surface area contributed by atoms with Gasteiger partial charge in [0.15, 0.2) is 5.01 Å². The van der Waals surface area contributed by atoms with Crippen LogP contribution in [-0.4, -0.2) is 16.7 Å². The molecule has 0 atom stereocenters. The van der Waals surface area contributed by atoms with Crippen LogP contribution >= 0.6 is 11.3 Å². The lowest BCUT2D eigenvalue weighted by molar-refractivity contribution is 0.547. The van der Waals surface area contributed by atoms with Crippen molar-refractivity contribution in [1.29, 1.82) is 0 Å². The Morgan fingerprint density at radius 1 is 1.16 bits per heavy atom. The van der Waals surface area contributed by atoms with E-state index in [1.54, 1.807) is 0 Å². The fraction of sp³-hybridized carbons (Fsp3) is 0.333. The van der Waals surface area contributed by atoms with Crippen LogP contribution in [0.5, 0.6) is 0 Å². The third-order valence-electron chi connectivity index (χ3n) is 2.39. The summed E-state index contributed by atoms with van der Waals surface area (Å²) >= 11 is 1.08. The Morgan fingerprint density at radius 2 is 1.84 bits per heavy atom. The van der Waals surface area contributed by atoms with Crippen molar-refractivity contribution in [1.82, 2.24) is 15.5 Å². The average molecular weight is 287 g/mol. The summed E-state index contributed by atoms with van der Waals surface area (Å²) in [6.07, 6.45) is 0.979. The van der Waals surface area contributed by atoms with Crippen molar-refractivity contribution in [3.8, 4) is 10.6 Å². The van der Waals surface area contributed by atoms with Gasteiger partial charge in [-0.25, -0.2) is 13.2 Å². The van der Waals surface area contributed by atoms with Gasteiger partial charge in [0, 0.05) is 18.7 Å². The first-order valence-corrected chi connectivity index (χ1v) is 6.61. The molecule has 0 saturated carbocycles. The van der Waals surface area contributed by atoms with Crippen LogP contribution in [0.1, 0.15) is 18.4 Å². The molecule has 1 aromatic carbocycles. The van der Waals surface area contributed by atoms with Gasteiger partial charge in [0.2, 0.25) is 0 Å². The van der Waals surface area contributed by atoms with Crippen LogP contribution in [0.3, 0.4) is 0 Å². The zero-order valence-electron chi connectivity index (χ0n) is 10.2. The zero-order valence-corrected chi connectivity index (χ0v) is 11.0. The molecule has 0 aliphatic rings. The molecule has 19 heavy (non-hydrogen) atoms. The summed E-state index contributed by atoms with van der Waals surface area (Å²) in [5, 5.41) is 11.5. The predicted molar refractivity (Wildman–Crippen MR) is 67.2 cm³/mol. The number of hydrogen-bond acceptors (Lipinski definition) is 4. The van der Waals surface area contributed by atoms with Gasteiger partial charge < -0.3 is 5.32 Å². The Labute approximate surface area is 112 Å². The first-order chi connectivity index (χ1) is 9.11. The molecule has 0 aliphatic carbocycles. The Hall–Kier alpha value is -1.47. The van der Waals surface area contributed by atoms with Crippen LogP contribution in [0.2, 0.25) is 0 Å². The van der Waals surface area contributed by atoms with E-state index in [9.17, 15) is 13.2 Å². The van der Waals surface area contributed by atoms with Crippen molar-refractivity contribution >= 4 is 11.3 Å². The molecule has 2 aromatic rings. The number of aromatic nitrogens is 2. The van der Waals surface area contributed by atoms with Crippen molar-refractivity contribution in [3.05, 3.63) is 34.6 Å². The summed E-state index contributed by atoms with van der Waals surface area (Å²) in [5.41, 5.74) is -0.333. The van der Waals surface area contributed by atoms with Crippen molar-refractivity contribution in [2.45, 2.75) is 19.9 Å². The smallest absolute Gasteiger partial charge is 0.153 e. The first kappa shape index (κ1) is 14.0. The molecule has 1 N–H and O–H groups in total. The fourth-order valence-electron chi connectivity index (χ4n) is 1.54. The van der Waals surface area contributed by atoms with E-state index in [2.05, 4.69) is 15.5 Å². The molecule has 0 spiro atoms. The number of nitrogens with zero attached hydrogens (tertiary/aromatic N) is 2. The van der Waals surface area contributed by atoms with E-state index in [4.69, 9.17) is 0 Å². The lowest BCUT2D eigenvalue weighted by atomic mass is 10.2. The van der Waals surface area contributed by atoms with E-state index in [0.717, 1.165) is 24.3 Å². The van der Waals surface area contributed by atoms with Gasteiger partial charge in [-0.1, -0.05) is 18.3 Å². The van der Waals surface area contributed by atoms with Gasteiger partial charge in [0.1, 0.15) is 22.5 Å². The lowest BCUT2D eigenvalue weighted by Gasteiger charge is -2.00. The maximum Gasteiger partial charge on any atom is 0.153 e. The molecule has 0 fully saturated rings. The van der Waals surface area contributed by atoms with E-state index in [1.807, 2.05) is 6.92 Å². The third-order valence-corrected chi connectivity index (χ3v) is 3.33. The number of halogens is 3. The molecule has 0 aliphatic heterocycles. The lowest BCUT2D eigenvalue weighted by Crippen LogP contribution is -2.13. The van der Waals surface area contributed by atoms with E-state index in [-0.39, 0.29) is 10.6 Å². The molecular weight excluding hydrogens is 275 g/mol. The highest BCUT2D eigenvalue weighted by Crippen LogP contribution is 2.29. The second-order valence-electron chi connectivity index (χ2n) is 3.92. The summed E-state index contributed by atoms with van der Waals surface area (Å²) in [4.78, 5) is 0. The number of benzene rings is 1. The van der Waals surface area contributed by atoms with E-state index in [0.29, 0.717) is 23.7 Å². The third kappa shape index (κ3) is 3.30. The minimum absolute atomic E-state index is 0.114. The van der Waals surface area contributed by atoms with Gasteiger partial charge in [-0.05, 0) is 13.0 Å². The summed E-state index contributed by atoms with van der Waals surface area (Å²) in [6.45, 7) is 3.35. The second kappa shape index (κ2) is 6.12. The Kier molecular flexibility index (Phi) is 4.49. The minimum atomic E-state index is -0.971. The maximum atomic E-state index is 13.6. The normalized spacial score (nSPS) is 10.9. The SMILES string of the molecule is CCCNCc1nnc(-c2c(F)cc(F)cc2F)s1. The highest BCUT2D eigenvalue weighted by molar-refractivity contribution is 7.14. The Morgan fingerprint density at radius 3 is 2.47 bits per heavy atom. The maximum absolute atomic E-state index is 13.6. The monoisotopic (exact) mass is 287 g/mol. The molecule has 0 saturated heterocycles. The molecule has 3 nitrogen and oxygen atoms in total. The number of hydrogen-bond donors (Lipinski definition) is 1. The Balaban J connectivity index is 2.23. The topological polar surface area (TPSA) is 37.8 Å². The summed E-state index contributed by atoms with van der Waals surface area (Å²) in [5.74, 6) is -2.89. The molecule has 0 unspecified atom stereocenters. The van der Waals surface area contributed by atoms with Crippen molar-refractivity contribution < 1.29 is 13.2 Å². The summed E-state index contributed by atoms with van der Waals surface area (Å²) in [7, 11) is 0. The minimum Gasteiger partial charge on any atom is -0.310 e. The molecule has 0 bridgehead atoms. The largest absolute Gasteiger partial charge is 0.310 e. The van der Waals surface area contributed by atoms with E-state index in [1.165, 1.54) is 0 Å². The van der Waals surface area contributed by atoms with Crippen LogP contribution in [0.4, 0.5) is 13.2 Å². The van der Waals surface area contributed by atoms with Crippen molar-refractivity contribution in [2.24, 2.45) is 0 Å². The second-order valence-corrected chi connectivity index (χ2v) is 4.98. The van der Waals surface area contributed by atoms with Crippen LogP contribution in [-0.2, 0) is 6.54 Å². The molecule has 7 heteroatoms. The van der Waals surface area contributed by atoms with Crippen LogP contribution in [0, 0.1) is 17.5 Å². The number of rotatable bonds is 5. The van der Waals surface area contributed by atoms with Crippen LogP contribution in [0.25, 0.3) is 10.6 Å². The molecule has 1 aromatic heterocycles. The summed E-state index contributed by atoms with van der Waals surface area (Å²) in [6, 6.07) is 1.27. The highest BCUT2D eigenvalue weighted by atomic mass is 32.1. The standard InChI is InChI=1S/C12H12F3N3S/c1-2-3-16-6-10-17-18-12(19-10)11-8(14)4-7(13)5-9(11)15/h4-5,16H,2-3,6H2,1H3. The highest BCUT2D eigenvalue weighted by Gasteiger charge is 2.17. The Bertz CT molecular complexity index is 548. The van der Waals surface area contributed by atoms with E-state index < -0.39 is 17.5 Å². The van der Waals surface area contributed by atoms with E-state index >= 15 is 0 Å². The van der Waals surface area contributed by atoms with Gasteiger partial charge in [-0.2, -0.15) is 0 Å². The fourth-order valence-corrected chi connectivity index (χ4v) is 2.40. The van der Waals surface area contributed by atoms with Crippen LogP contribution < -0.4 is 5.32 Å². The predicted octanol–water partition coefficient (Wildman–Crippen LogP) is 3.12. The van der Waals surface area contributed by atoms with Crippen LogP contribution in [0.15, 0.2) is 12.1 Å². The molecule has 102 valence electrons.